The summed E-state index contributed by atoms with van der Waals surface area (Å²) in [6.45, 7) is 4.24. The molecule has 1 aromatic heterocycles. The molecule has 3 unspecified atom stereocenters. The second-order valence-corrected chi connectivity index (χ2v) is 6.49. The Morgan fingerprint density at radius 2 is 2.28 bits per heavy atom. The number of piperidine rings is 1. The number of pyridine rings is 1. The highest BCUT2D eigenvalue weighted by molar-refractivity contribution is 9.10. The summed E-state index contributed by atoms with van der Waals surface area (Å²) in [5, 5.41) is 0. The van der Waals surface area contributed by atoms with Crippen LogP contribution in [0.25, 0.3) is 0 Å². The molecule has 3 atom stereocenters. The van der Waals surface area contributed by atoms with Gasteiger partial charge in [0, 0.05) is 6.04 Å². The highest BCUT2D eigenvalue weighted by Crippen LogP contribution is 2.60. The van der Waals surface area contributed by atoms with Gasteiger partial charge in [0.1, 0.15) is 16.5 Å². The normalized spacial score (nSPS) is 33.4. The summed E-state index contributed by atoms with van der Waals surface area (Å²) < 4.78 is 0.792. The number of fused-ring (bicyclic) bond motifs is 1. The van der Waals surface area contributed by atoms with Gasteiger partial charge >= 0.3 is 0 Å². The molecule has 0 aromatic carbocycles. The summed E-state index contributed by atoms with van der Waals surface area (Å²) in [7, 11) is 0. The van der Waals surface area contributed by atoms with Crippen molar-refractivity contribution in [2.24, 2.45) is 11.1 Å². The summed E-state index contributed by atoms with van der Waals surface area (Å²) in [6.07, 6.45) is 1.98. The minimum Gasteiger partial charge on any atom is -0.368 e. The molecule has 5 heteroatoms. The van der Waals surface area contributed by atoms with Gasteiger partial charge in [-0.1, -0.05) is 13.0 Å². The molecular formula is C13H16BrN3O. The lowest BCUT2D eigenvalue weighted by atomic mass is 10.0. The first-order valence-electron chi connectivity index (χ1n) is 6.13. The van der Waals surface area contributed by atoms with Gasteiger partial charge < -0.3 is 10.6 Å². The van der Waals surface area contributed by atoms with Crippen molar-refractivity contribution in [1.82, 2.24) is 4.98 Å². The number of halogens is 1. The fraction of sp³-hybridized carbons (Fsp3) is 0.538. The maximum absolute atomic E-state index is 11.6. The lowest BCUT2D eigenvalue weighted by Crippen LogP contribution is -2.43. The van der Waals surface area contributed by atoms with Crippen molar-refractivity contribution in [2.75, 3.05) is 4.90 Å². The fourth-order valence-electron chi connectivity index (χ4n) is 3.08. The van der Waals surface area contributed by atoms with E-state index in [1.807, 2.05) is 19.1 Å². The van der Waals surface area contributed by atoms with Gasteiger partial charge in [0.25, 0.3) is 0 Å². The van der Waals surface area contributed by atoms with Crippen LogP contribution in [0, 0.1) is 12.3 Å². The average molecular weight is 310 g/mol. The van der Waals surface area contributed by atoms with E-state index in [1.165, 1.54) is 0 Å². The molecule has 1 aliphatic heterocycles. The first-order chi connectivity index (χ1) is 8.42. The second-order valence-electron chi connectivity index (χ2n) is 5.68. The van der Waals surface area contributed by atoms with Gasteiger partial charge in [-0.3, -0.25) is 4.79 Å². The maximum atomic E-state index is 11.6. The monoisotopic (exact) mass is 309 g/mol. The van der Waals surface area contributed by atoms with Crippen LogP contribution >= 0.6 is 15.9 Å². The van der Waals surface area contributed by atoms with Gasteiger partial charge in [-0.25, -0.2) is 4.98 Å². The van der Waals surface area contributed by atoms with Crippen molar-refractivity contribution in [3.05, 3.63) is 22.3 Å². The van der Waals surface area contributed by atoms with Gasteiger partial charge in [0.05, 0.1) is 0 Å². The van der Waals surface area contributed by atoms with Gasteiger partial charge in [-0.05, 0) is 52.7 Å². The third kappa shape index (κ3) is 1.64. The predicted molar refractivity (Wildman–Crippen MR) is 73.3 cm³/mol. The molecule has 0 spiro atoms. The van der Waals surface area contributed by atoms with E-state index in [-0.39, 0.29) is 17.4 Å². The van der Waals surface area contributed by atoms with Gasteiger partial charge in [-0.15, -0.1) is 0 Å². The highest BCUT2D eigenvalue weighted by Gasteiger charge is 2.63. The number of aryl methyl sites for hydroxylation is 1. The van der Waals surface area contributed by atoms with E-state index in [1.54, 1.807) is 0 Å². The number of rotatable bonds is 2. The molecule has 2 N–H and O–H groups in total. The van der Waals surface area contributed by atoms with Crippen LogP contribution in [-0.2, 0) is 4.79 Å². The lowest BCUT2D eigenvalue weighted by molar-refractivity contribution is -0.119. The lowest BCUT2D eigenvalue weighted by Gasteiger charge is -2.27. The highest BCUT2D eigenvalue weighted by atomic mass is 79.9. The Balaban J connectivity index is 2.04. The Kier molecular flexibility index (Phi) is 2.46. The van der Waals surface area contributed by atoms with E-state index >= 15 is 0 Å². The van der Waals surface area contributed by atoms with Gasteiger partial charge in [0.2, 0.25) is 5.91 Å². The number of aromatic nitrogens is 1. The molecule has 1 saturated carbocycles. The Morgan fingerprint density at radius 3 is 2.94 bits per heavy atom. The van der Waals surface area contributed by atoms with E-state index in [0.717, 1.165) is 28.8 Å². The number of nitrogens with two attached hydrogens (primary N) is 1. The molecule has 4 nitrogen and oxygen atoms in total. The number of amides is 1. The van der Waals surface area contributed by atoms with Gasteiger partial charge in [0.15, 0.2) is 0 Å². The second kappa shape index (κ2) is 3.70. The number of carbonyl (C=O) groups excluding carboxylic acids is 1. The first-order valence-corrected chi connectivity index (χ1v) is 6.92. The molecule has 1 saturated heterocycles. The minimum absolute atomic E-state index is 0.214. The van der Waals surface area contributed by atoms with Crippen LogP contribution in [0.15, 0.2) is 16.7 Å². The van der Waals surface area contributed by atoms with Crippen LogP contribution in [0.3, 0.4) is 0 Å². The van der Waals surface area contributed by atoms with Crippen molar-refractivity contribution in [2.45, 2.75) is 38.8 Å². The largest absolute Gasteiger partial charge is 0.368 e. The van der Waals surface area contributed by atoms with E-state index in [9.17, 15) is 4.79 Å². The molecular weight excluding hydrogens is 294 g/mol. The molecule has 1 amide bonds. The Labute approximate surface area is 115 Å². The SMILES string of the molecule is Cc1ccc(Br)nc1N1C(C(N)=O)CC2(C)CC12. The predicted octanol–water partition coefficient (Wildman–Crippen LogP) is 2.00. The Bertz CT molecular complexity index is 533. The van der Waals surface area contributed by atoms with Crippen LogP contribution in [-0.4, -0.2) is 23.0 Å². The molecule has 1 aromatic rings. The number of carbonyl (C=O) groups is 1. The van der Waals surface area contributed by atoms with Crippen LogP contribution in [0.2, 0.25) is 0 Å². The van der Waals surface area contributed by atoms with Gasteiger partial charge in [-0.2, -0.15) is 0 Å². The van der Waals surface area contributed by atoms with Crippen molar-refractivity contribution < 1.29 is 4.79 Å². The summed E-state index contributed by atoms with van der Waals surface area (Å²) in [5.74, 6) is 0.643. The minimum atomic E-state index is -0.246. The number of hydrogen-bond acceptors (Lipinski definition) is 3. The van der Waals surface area contributed by atoms with Crippen LogP contribution in [0.5, 0.6) is 0 Å². The fourth-order valence-corrected chi connectivity index (χ4v) is 3.38. The van der Waals surface area contributed by atoms with E-state index in [4.69, 9.17) is 5.73 Å². The molecule has 0 bridgehead atoms. The smallest absolute Gasteiger partial charge is 0.240 e. The molecule has 96 valence electrons. The Morgan fingerprint density at radius 1 is 1.56 bits per heavy atom. The zero-order valence-corrected chi connectivity index (χ0v) is 12.1. The van der Waals surface area contributed by atoms with E-state index in [2.05, 4.69) is 32.7 Å². The summed E-state index contributed by atoms with van der Waals surface area (Å²) in [4.78, 5) is 18.3. The quantitative estimate of drug-likeness (QED) is 0.850. The van der Waals surface area contributed by atoms with Crippen molar-refractivity contribution >= 4 is 27.7 Å². The molecule has 1 aliphatic carbocycles. The number of hydrogen-bond donors (Lipinski definition) is 1. The third-order valence-corrected chi connectivity index (χ3v) is 4.69. The molecule has 2 heterocycles. The number of anilines is 1. The van der Waals surface area contributed by atoms with E-state index < -0.39 is 0 Å². The summed E-state index contributed by atoms with van der Waals surface area (Å²) in [5.41, 5.74) is 6.87. The number of nitrogens with zero attached hydrogens (tertiary/aromatic N) is 2. The molecule has 0 radical (unpaired) electrons. The molecule has 18 heavy (non-hydrogen) atoms. The molecule has 3 rings (SSSR count). The van der Waals surface area contributed by atoms with E-state index in [0.29, 0.717) is 6.04 Å². The van der Waals surface area contributed by atoms with Crippen molar-refractivity contribution in [1.29, 1.82) is 0 Å². The molecule has 2 fully saturated rings. The average Bonchev–Trinajstić information content (AvgIpc) is 2.86. The van der Waals surface area contributed by atoms with Crippen molar-refractivity contribution in [3.8, 4) is 0 Å². The standard InChI is InChI=1S/C13H16BrN3O/c1-7-3-4-10(14)16-12(7)17-8(11(15)18)5-13(2)6-9(13)17/h3-4,8-9H,5-6H2,1-2H3,(H2,15,18). The molecule has 2 aliphatic rings. The number of primary amides is 1. The Hall–Kier alpha value is -1.10. The zero-order chi connectivity index (χ0) is 13.1. The summed E-state index contributed by atoms with van der Waals surface area (Å²) >= 11 is 3.39. The van der Waals surface area contributed by atoms with Crippen LogP contribution < -0.4 is 10.6 Å². The topological polar surface area (TPSA) is 59.2 Å². The maximum Gasteiger partial charge on any atom is 0.240 e. The van der Waals surface area contributed by atoms with Crippen molar-refractivity contribution in [3.63, 3.8) is 0 Å². The summed E-state index contributed by atoms with van der Waals surface area (Å²) in [6, 6.07) is 4.13. The third-order valence-electron chi connectivity index (χ3n) is 4.24. The zero-order valence-electron chi connectivity index (χ0n) is 10.5. The first kappa shape index (κ1) is 12.0. The van der Waals surface area contributed by atoms with Crippen LogP contribution in [0.1, 0.15) is 25.3 Å². The van der Waals surface area contributed by atoms with Crippen LogP contribution in [0.4, 0.5) is 5.82 Å².